The first kappa shape index (κ1) is 9.92. The second-order valence-corrected chi connectivity index (χ2v) is 2.91. The standard InChI is InChI=1S/C8H9ClN2O2/c1-3-5-6(8(12)13)10-4(2)11-7(5)9/h3H2,1-2H3,(H,12,13). The highest BCUT2D eigenvalue weighted by Gasteiger charge is 2.15. The van der Waals surface area contributed by atoms with Gasteiger partial charge in [0.25, 0.3) is 0 Å². The fraction of sp³-hybridized carbons (Fsp3) is 0.375. The number of aryl methyl sites for hydroxylation is 1. The number of carboxylic acids is 1. The van der Waals surface area contributed by atoms with Crippen LogP contribution in [0.3, 0.4) is 0 Å². The van der Waals surface area contributed by atoms with Gasteiger partial charge in [0.2, 0.25) is 0 Å². The molecule has 0 saturated heterocycles. The number of carboxylic acid groups (broad SMARTS) is 1. The Morgan fingerprint density at radius 1 is 1.54 bits per heavy atom. The van der Waals surface area contributed by atoms with Crippen molar-refractivity contribution in [2.75, 3.05) is 0 Å². The van der Waals surface area contributed by atoms with E-state index in [1.807, 2.05) is 6.92 Å². The van der Waals surface area contributed by atoms with Gasteiger partial charge in [0, 0.05) is 5.56 Å². The Bertz CT molecular complexity index is 352. The zero-order valence-electron chi connectivity index (χ0n) is 7.33. The maximum absolute atomic E-state index is 10.7. The average Bonchev–Trinajstić information content (AvgIpc) is 2.02. The van der Waals surface area contributed by atoms with Crippen molar-refractivity contribution in [3.8, 4) is 0 Å². The van der Waals surface area contributed by atoms with Crippen LogP contribution in [0.2, 0.25) is 5.15 Å². The van der Waals surface area contributed by atoms with Crippen molar-refractivity contribution in [3.05, 3.63) is 22.2 Å². The lowest BCUT2D eigenvalue weighted by atomic mass is 10.2. The Kier molecular flexibility index (Phi) is 2.83. The van der Waals surface area contributed by atoms with Crippen molar-refractivity contribution in [2.24, 2.45) is 0 Å². The number of nitrogens with zero attached hydrogens (tertiary/aromatic N) is 2. The largest absolute Gasteiger partial charge is 0.476 e. The minimum absolute atomic E-state index is 0.000000000000000222. The molecule has 0 bridgehead atoms. The summed E-state index contributed by atoms with van der Waals surface area (Å²) in [6.45, 7) is 3.42. The highest BCUT2D eigenvalue weighted by atomic mass is 35.5. The van der Waals surface area contributed by atoms with Gasteiger partial charge in [0.05, 0.1) is 0 Å². The molecule has 1 heterocycles. The van der Waals surface area contributed by atoms with Crippen LogP contribution in [0.25, 0.3) is 0 Å². The van der Waals surface area contributed by atoms with Gasteiger partial charge in [-0.15, -0.1) is 0 Å². The van der Waals surface area contributed by atoms with Crippen molar-refractivity contribution in [1.82, 2.24) is 9.97 Å². The zero-order valence-corrected chi connectivity index (χ0v) is 8.09. The molecule has 0 aliphatic carbocycles. The van der Waals surface area contributed by atoms with E-state index < -0.39 is 5.97 Å². The summed E-state index contributed by atoms with van der Waals surface area (Å²) in [6, 6.07) is 0. The first-order chi connectivity index (χ1) is 6.06. The lowest BCUT2D eigenvalue weighted by Crippen LogP contribution is -2.08. The fourth-order valence-electron chi connectivity index (χ4n) is 1.05. The molecule has 0 spiro atoms. The van der Waals surface area contributed by atoms with E-state index in [-0.39, 0.29) is 10.8 Å². The molecular formula is C8H9ClN2O2. The minimum atomic E-state index is -1.07. The van der Waals surface area contributed by atoms with Gasteiger partial charge in [0.1, 0.15) is 11.0 Å². The number of rotatable bonds is 2. The fourth-order valence-corrected chi connectivity index (χ4v) is 1.40. The molecule has 13 heavy (non-hydrogen) atoms. The summed E-state index contributed by atoms with van der Waals surface area (Å²) < 4.78 is 0. The predicted molar refractivity (Wildman–Crippen MR) is 48.1 cm³/mol. The minimum Gasteiger partial charge on any atom is -0.476 e. The third kappa shape index (κ3) is 1.95. The molecular weight excluding hydrogens is 192 g/mol. The lowest BCUT2D eigenvalue weighted by Gasteiger charge is -2.04. The number of hydrogen-bond donors (Lipinski definition) is 1. The van der Waals surface area contributed by atoms with E-state index in [1.54, 1.807) is 6.92 Å². The highest BCUT2D eigenvalue weighted by Crippen LogP contribution is 2.17. The number of halogens is 1. The third-order valence-corrected chi connectivity index (χ3v) is 1.94. The summed E-state index contributed by atoms with van der Waals surface area (Å²) in [5, 5.41) is 9.03. The van der Waals surface area contributed by atoms with E-state index in [4.69, 9.17) is 16.7 Å². The molecule has 0 fully saturated rings. The molecule has 0 aliphatic rings. The average molecular weight is 201 g/mol. The molecule has 0 aliphatic heterocycles. The molecule has 1 N–H and O–H groups in total. The van der Waals surface area contributed by atoms with Crippen LogP contribution in [-0.2, 0) is 6.42 Å². The molecule has 0 saturated carbocycles. The van der Waals surface area contributed by atoms with E-state index in [9.17, 15) is 4.79 Å². The number of aromatic carboxylic acids is 1. The lowest BCUT2D eigenvalue weighted by molar-refractivity contribution is 0.0688. The summed E-state index contributed by atoms with van der Waals surface area (Å²) in [5.74, 6) is -0.691. The van der Waals surface area contributed by atoms with Gasteiger partial charge in [0.15, 0.2) is 5.69 Å². The molecule has 0 aromatic carbocycles. The van der Waals surface area contributed by atoms with Crippen LogP contribution in [0.4, 0.5) is 0 Å². The van der Waals surface area contributed by atoms with Crippen LogP contribution in [-0.4, -0.2) is 21.0 Å². The van der Waals surface area contributed by atoms with E-state index in [0.717, 1.165) is 0 Å². The van der Waals surface area contributed by atoms with Gasteiger partial charge < -0.3 is 5.11 Å². The molecule has 1 aromatic rings. The van der Waals surface area contributed by atoms with Crippen molar-refractivity contribution >= 4 is 17.6 Å². The molecule has 0 radical (unpaired) electrons. The van der Waals surface area contributed by atoms with Crippen molar-refractivity contribution in [2.45, 2.75) is 20.3 Å². The summed E-state index contributed by atoms with van der Waals surface area (Å²) in [6.07, 6.45) is 0.515. The molecule has 0 atom stereocenters. The van der Waals surface area contributed by atoms with Crippen LogP contribution in [0.5, 0.6) is 0 Å². The van der Waals surface area contributed by atoms with Gasteiger partial charge in [-0.25, -0.2) is 14.8 Å². The molecule has 5 heteroatoms. The Hall–Kier alpha value is -1.16. The van der Waals surface area contributed by atoms with Crippen molar-refractivity contribution < 1.29 is 9.90 Å². The van der Waals surface area contributed by atoms with Crippen LogP contribution < -0.4 is 0 Å². The third-order valence-electron chi connectivity index (χ3n) is 1.62. The zero-order chi connectivity index (χ0) is 10.0. The normalized spacial score (nSPS) is 10.1. The second-order valence-electron chi connectivity index (χ2n) is 2.55. The monoisotopic (exact) mass is 200 g/mol. The van der Waals surface area contributed by atoms with Crippen LogP contribution >= 0.6 is 11.6 Å². The van der Waals surface area contributed by atoms with Gasteiger partial charge in [-0.3, -0.25) is 0 Å². The van der Waals surface area contributed by atoms with E-state index in [1.165, 1.54) is 0 Å². The number of aromatic nitrogens is 2. The highest BCUT2D eigenvalue weighted by molar-refractivity contribution is 6.30. The first-order valence-electron chi connectivity index (χ1n) is 3.82. The van der Waals surface area contributed by atoms with Crippen molar-refractivity contribution in [1.29, 1.82) is 0 Å². The summed E-state index contributed by atoms with van der Waals surface area (Å²) in [4.78, 5) is 18.4. The quantitative estimate of drug-likeness (QED) is 0.739. The smallest absolute Gasteiger partial charge is 0.354 e. The molecule has 4 nitrogen and oxygen atoms in total. The summed E-state index contributed by atoms with van der Waals surface area (Å²) >= 11 is 5.76. The summed E-state index contributed by atoms with van der Waals surface area (Å²) in [7, 11) is 0. The summed E-state index contributed by atoms with van der Waals surface area (Å²) in [5.41, 5.74) is 0.486. The molecule has 1 rings (SSSR count). The molecule has 0 amide bonds. The maximum atomic E-state index is 10.7. The van der Waals surface area contributed by atoms with Gasteiger partial charge in [-0.2, -0.15) is 0 Å². The van der Waals surface area contributed by atoms with E-state index in [0.29, 0.717) is 17.8 Å². The predicted octanol–water partition coefficient (Wildman–Crippen LogP) is 1.70. The number of carbonyl (C=O) groups is 1. The SMILES string of the molecule is CCc1c(Cl)nc(C)nc1C(=O)O. The van der Waals surface area contributed by atoms with Crippen LogP contribution in [0.15, 0.2) is 0 Å². The van der Waals surface area contributed by atoms with E-state index >= 15 is 0 Å². The van der Waals surface area contributed by atoms with Crippen LogP contribution in [0.1, 0.15) is 28.8 Å². The topological polar surface area (TPSA) is 63.1 Å². The van der Waals surface area contributed by atoms with Crippen LogP contribution in [0, 0.1) is 6.92 Å². The van der Waals surface area contributed by atoms with E-state index in [2.05, 4.69) is 9.97 Å². The Morgan fingerprint density at radius 3 is 2.62 bits per heavy atom. The number of hydrogen-bond acceptors (Lipinski definition) is 3. The second kappa shape index (κ2) is 3.70. The Balaban J connectivity index is 3.38. The van der Waals surface area contributed by atoms with Gasteiger partial charge in [-0.1, -0.05) is 18.5 Å². The molecule has 1 aromatic heterocycles. The molecule has 70 valence electrons. The Morgan fingerprint density at radius 2 is 2.15 bits per heavy atom. The molecule has 0 unspecified atom stereocenters. The van der Waals surface area contributed by atoms with Gasteiger partial charge >= 0.3 is 5.97 Å². The Labute approximate surface area is 80.6 Å². The maximum Gasteiger partial charge on any atom is 0.354 e. The van der Waals surface area contributed by atoms with Gasteiger partial charge in [-0.05, 0) is 13.3 Å². The van der Waals surface area contributed by atoms with Crippen molar-refractivity contribution in [3.63, 3.8) is 0 Å². The first-order valence-corrected chi connectivity index (χ1v) is 4.20.